The van der Waals surface area contributed by atoms with Gasteiger partial charge in [0.2, 0.25) is 0 Å². The van der Waals surface area contributed by atoms with Gasteiger partial charge in [0.05, 0.1) is 40.4 Å². The molecule has 66 heavy (non-hydrogen) atoms. The van der Waals surface area contributed by atoms with Crippen LogP contribution >= 0.6 is 11.8 Å². The van der Waals surface area contributed by atoms with Crippen LogP contribution in [-0.4, -0.2) is 144 Å². The van der Waals surface area contributed by atoms with E-state index in [-0.39, 0.29) is 45.0 Å². The molecule has 0 aromatic heterocycles. The van der Waals surface area contributed by atoms with Gasteiger partial charge < -0.3 is 75.2 Å². The zero-order valence-corrected chi connectivity index (χ0v) is 38.6. The first-order valence-electron chi connectivity index (χ1n) is 21.1. The second-order valence-corrected chi connectivity index (χ2v) is 18.1. The van der Waals surface area contributed by atoms with Crippen molar-refractivity contribution in [2.75, 3.05) is 24.7 Å². The number of phenols is 3. The number of phenolic OH excluding ortho intramolecular Hbond substituents is 3. The van der Waals surface area contributed by atoms with Crippen molar-refractivity contribution in [1.29, 1.82) is 0 Å². The average Bonchev–Trinajstić information content (AvgIpc) is 3.69. The maximum Gasteiger partial charge on any atom is 0.338 e. The molecule has 20 nitrogen and oxygen atoms in total. The van der Waals surface area contributed by atoms with E-state index in [9.17, 15) is 64.8 Å². The molecular weight excluding hydrogens is 889 g/mol. The molecule has 1 saturated heterocycles. The Morgan fingerprint density at radius 3 is 2.20 bits per heavy atom. The van der Waals surface area contributed by atoms with Gasteiger partial charge in [-0.1, -0.05) is 45.9 Å². The maximum absolute atomic E-state index is 14.5. The fraction of sp³-hybridized carbons (Fsp3) is 0.533. The fourth-order valence-electron chi connectivity index (χ4n) is 8.26. The van der Waals surface area contributed by atoms with E-state index in [1.165, 1.54) is 53.0 Å². The number of carbonyl (C=O) groups excluding carboxylic acids is 5. The molecule has 0 aliphatic carbocycles. The van der Waals surface area contributed by atoms with Gasteiger partial charge in [-0.05, 0) is 19.9 Å². The quantitative estimate of drug-likeness (QED) is 0.0595. The van der Waals surface area contributed by atoms with Crippen molar-refractivity contribution in [3.63, 3.8) is 0 Å². The van der Waals surface area contributed by atoms with Crippen LogP contribution in [0.15, 0.2) is 41.0 Å². The van der Waals surface area contributed by atoms with Crippen molar-refractivity contribution < 1.29 is 88.5 Å². The molecule has 0 saturated carbocycles. The molecule has 2 aromatic carbocycles. The van der Waals surface area contributed by atoms with Crippen LogP contribution in [0.4, 0.5) is 5.69 Å². The summed E-state index contributed by atoms with van der Waals surface area (Å²) in [5, 5.41) is 92.8. The van der Waals surface area contributed by atoms with Crippen LogP contribution in [0.2, 0.25) is 0 Å². The molecule has 4 aliphatic heterocycles. The number of allylic oxidation sites excluding steroid dienone is 2. The number of fused-ring (bicyclic) bond motifs is 14. The van der Waals surface area contributed by atoms with E-state index < -0.39 is 136 Å². The summed E-state index contributed by atoms with van der Waals surface area (Å²) < 4.78 is 28.2. The predicted molar refractivity (Wildman–Crippen MR) is 235 cm³/mol. The van der Waals surface area contributed by atoms with Gasteiger partial charge >= 0.3 is 17.7 Å². The summed E-state index contributed by atoms with van der Waals surface area (Å²) in [6, 6.07) is 0. The van der Waals surface area contributed by atoms with E-state index in [1.807, 2.05) is 0 Å². The minimum absolute atomic E-state index is 0.0428. The highest BCUT2D eigenvalue weighted by molar-refractivity contribution is 7.99. The Morgan fingerprint density at radius 1 is 0.924 bits per heavy atom. The molecule has 21 heteroatoms. The van der Waals surface area contributed by atoms with Gasteiger partial charge in [-0.25, -0.2) is 4.79 Å². The number of aliphatic hydroxyl groups is 5. The molecule has 0 unspecified atom stereocenters. The van der Waals surface area contributed by atoms with Crippen molar-refractivity contribution in [3.8, 4) is 23.0 Å². The number of thioether (sulfide) groups is 1. The first-order valence-corrected chi connectivity index (χ1v) is 22.1. The van der Waals surface area contributed by atoms with E-state index in [2.05, 4.69) is 10.6 Å². The number of anilines is 1. The zero-order chi connectivity index (χ0) is 49.3. The van der Waals surface area contributed by atoms with Gasteiger partial charge in [-0.2, -0.15) is 0 Å². The number of cyclic esters (lactones) is 1. The monoisotopic (exact) mass is 946 g/mol. The minimum atomic E-state index is -2.15. The molecule has 5 bridgehead atoms. The Balaban J connectivity index is 1.61. The Labute approximate surface area is 384 Å². The summed E-state index contributed by atoms with van der Waals surface area (Å²) in [6.07, 6.45) is -4.76. The van der Waals surface area contributed by atoms with Crippen LogP contribution in [0, 0.1) is 30.6 Å². The van der Waals surface area contributed by atoms with Crippen molar-refractivity contribution >= 4 is 57.8 Å². The Bertz CT molecular complexity index is 2330. The Morgan fingerprint density at radius 2 is 1.59 bits per heavy atom. The third-order valence-corrected chi connectivity index (χ3v) is 13.4. The second kappa shape index (κ2) is 20.6. The third-order valence-electron chi connectivity index (χ3n) is 12.3. The van der Waals surface area contributed by atoms with E-state index in [4.69, 9.17) is 23.7 Å². The molecule has 362 valence electrons. The van der Waals surface area contributed by atoms with Crippen LogP contribution in [0.1, 0.15) is 64.4 Å². The van der Waals surface area contributed by atoms with Gasteiger partial charge in [0, 0.05) is 73.4 Å². The molecular formula is C45H58N2O18S. The number of aliphatic hydroxyl groups excluding tert-OH is 5. The number of nitrogens with one attached hydrogen (secondary N) is 2. The summed E-state index contributed by atoms with van der Waals surface area (Å²) in [5.41, 5.74) is -0.690. The van der Waals surface area contributed by atoms with Gasteiger partial charge in [0.25, 0.3) is 17.6 Å². The highest BCUT2D eigenvalue weighted by Gasteiger charge is 2.51. The number of hydrogen-bond donors (Lipinski definition) is 10. The van der Waals surface area contributed by atoms with E-state index in [0.29, 0.717) is 0 Å². The van der Waals surface area contributed by atoms with Crippen molar-refractivity contribution in [1.82, 2.24) is 5.32 Å². The number of aromatic hydroxyl groups is 3. The molecule has 13 atom stereocenters. The molecule has 6 rings (SSSR count). The fourth-order valence-corrected chi connectivity index (χ4v) is 9.20. The normalized spacial score (nSPS) is 33.0. The number of amides is 2. The lowest BCUT2D eigenvalue weighted by molar-refractivity contribution is -0.160. The Kier molecular flexibility index (Phi) is 16.1. The third kappa shape index (κ3) is 9.97. The first-order chi connectivity index (χ1) is 30.9. The number of ketones is 1. The molecule has 10 N–H and O–H groups in total. The number of Topliss-reactive ketones (excluding diaryl/α,β-unsaturated/α-hetero) is 1. The lowest BCUT2D eigenvalue weighted by atomic mass is 9.78. The lowest BCUT2D eigenvalue weighted by Gasteiger charge is -2.38. The summed E-state index contributed by atoms with van der Waals surface area (Å²) in [6.45, 7) is 11.8. The van der Waals surface area contributed by atoms with E-state index in [0.717, 1.165) is 18.0 Å². The van der Waals surface area contributed by atoms with Crippen molar-refractivity contribution in [3.05, 3.63) is 47.3 Å². The van der Waals surface area contributed by atoms with Gasteiger partial charge in [0.15, 0.2) is 24.1 Å². The smallest absolute Gasteiger partial charge is 0.338 e. The lowest BCUT2D eigenvalue weighted by Crippen LogP contribution is -2.48. The minimum Gasteiger partial charge on any atom is -0.507 e. The molecule has 0 spiro atoms. The number of benzene rings is 2. The summed E-state index contributed by atoms with van der Waals surface area (Å²) in [4.78, 5) is 64.8. The van der Waals surface area contributed by atoms with E-state index >= 15 is 0 Å². The molecule has 2 aromatic rings. The first kappa shape index (κ1) is 51.6. The maximum atomic E-state index is 14.5. The van der Waals surface area contributed by atoms with Crippen molar-refractivity contribution in [2.45, 2.75) is 115 Å². The largest absolute Gasteiger partial charge is 0.507 e. The molecule has 4 aliphatic rings. The number of carbonyl (C=O) groups is 5. The highest BCUT2D eigenvalue weighted by atomic mass is 32.2. The van der Waals surface area contributed by atoms with Crippen LogP contribution in [0.5, 0.6) is 23.0 Å². The molecule has 1 fully saturated rings. The Hall–Kier alpha value is -5.42. The highest BCUT2D eigenvalue weighted by Crippen LogP contribution is 2.57. The summed E-state index contributed by atoms with van der Waals surface area (Å²) >= 11 is 0.763. The number of ether oxygens (including phenoxy) is 5. The number of methoxy groups -OCH3 is 1. The topological polar surface area (TPSA) is 317 Å². The van der Waals surface area contributed by atoms with Crippen molar-refractivity contribution in [2.24, 2.45) is 23.7 Å². The van der Waals surface area contributed by atoms with Crippen LogP contribution in [0.3, 0.4) is 0 Å². The van der Waals surface area contributed by atoms with Gasteiger partial charge in [0.1, 0.15) is 35.1 Å². The van der Waals surface area contributed by atoms with Crippen LogP contribution in [0.25, 0.3) is 10.8 Å². The molecule has 2 amide bonds. The van der Waals surface area contributed by atoms with Crippen LogP contribution < -0.4 is 15.4 Å². The average molecular weight is 947 g/mol. The number of rotatable bonds is 8. The predicted octanol–water partition coefficient (Wildman–Crippen LogP) is 1.97. The van der Waals surface area contributed by atoms with Gasteiger partial charge in [-0.15, -0.1) is 11.8 Å². The zero-order valence-electron chi connectivity index (χ0n) is 37.8. The number of hydrogen-bond acceptors (Lipinski definition) is 19. The second-order valence-electron chi connectivity index (χ2n) is 17.0. The summed E-state index contributed by atoms with van der Waals surface area (Å²) in [7, 11) is 1.39. The molecule has 0 radical (unpaired) electrons. The van der Waals surface area contributed by atoms with E-state index in [1.54, 1.807) is 33.8 Å². The number of esters is 2. The standard InChI is InChI=1S/C45H58N2O18S/c1-17-11-10-12-18(2)42(58)47-28-32(52)26-25(33(53)40(28)66-16-14-46-43(59)36(56)39-34(54)35(55)44(60)64-39)27-38(22(6)31(26)51)65-45(8,41(27)57)62-15-13-24(61-9)19(3)37(63-23(7)48)21(5)30(50)20(4)29(17)49/h10-13,15,17,19-21,24,29-30,34-37,39,49-56H,14,16H2,1-9H3,(H,46,59)(H,47,58)/b11-10+,15-13+,18-12-/t17-,19-,20-,21+,24+,29+,30+,34-,35-,36+,37-,39+,45+/m1/s1. The summed E-state index contributed by atoms with van der Waals surface area (Å²) in [5.74, 6) is -12.0. The van der Waals surface area contributed by atoms with Crippen LogP contribution in [-0.2, 0) is 38.1 Å². The SMILES string of the molecule is CO[C@H]1/C=C/O[C@@]2(C)Oc3c(C)c(O)c4c(O)c(c(SCCNC(=O)[C@@H](O)[C@H]5OC(=O)[C@H](O)[C@H]5O)c(O)c4c3C2=O)NC(=O)/C(C)=C\C=C\[C@@H](C)[C@H](O)[C@@H](C)[C@H](O)[C@H](C)[C@H](OC(C)=O)[C@@H]1C. The van der Waals surface area contributed by atoms with Gasteiger partial charge in [-0.3, -0.25) is 19.2 Å². The molecule has 4 heterocycles.